The summed E-state index contributed by atoms with van der Waals surface area (Å²) in [6.45, 7) is 5.80. The first kappa shape index (κ1) is 13.8. The number of hydrogen-bond acceptors (Lipinski definition) is 2. The molecule has 0 saturated carbocycles. The molecule has 1 aromatic rings. The minimum Gasteiger partial charge on any atom is -0.491 e. The minimum absolute atomic E-state index is 0.524. The van der Waals surface area contributed by atoms with Crippen molar-refractivity contribution in [3.05, 3.63) is 27.7 Å². The molecule has 0 aromatic heterocycles. The van der Waals surface area contributed by atoms with Crippen LogP contribution in [-0.4, -0.2) is 25.7 Å². The number of ether oxygens (including phenoxy) is 2. The molecule has 0 spiro atoms. The zero-order valence-corrected chi connectivity index (χ0v) is 11.9. The normalized spacial score (nSPS) is 10.5. The molecule has 90 valence electrons. The van der Waals surface area contributed by atoms with Crippen LogP contribution in [0.4, 0.5) is 0 Å². The summed E-state index contributed by atoms with van der Waals surface area (Å²) in [6.07, 6.45) is 0. The summed E-state index contributed by atoms with van der Waals surface area (Å²) in [5, 5.41) is 0. The van der Waals surface area contributed by atoms with Crippen molar-refractivity contribution in [1.82, 2.24) is 0 Å². The molecule has 1 aromatic carbocycles. The topological polar surface area (TPSA) is 18.5 Å². The highest BCUT2D eigenvalue weighted by molar-refractivity contribution is 9.10. The highest BCUT2D eigenvalue weighted by Crippen LogP contribution is 2.26. The largest absolute Gasteiger partial charge is 0.491 e. The molecule has 0 unspecified atom stereocenters. The number of halogens is 2. The third-order valence-electron chi connectivity index (χ3n) is 2.13. The van der Waals surface area contributed by atoms with Crippen LogP contribution in [0.1, 0.15) is 11.1 Å². The predicted octanol–water partition coefficient (Wildman–Crippen LogP) is 3.70. The van der Waals surface area contributed by atoms with Gasteiger partial charge in [-0.3, -0.25) is 0 Å². The van der Waals surface area contributed by atoms with Gasteiger partial charge in [0.15, 0.2) is 0 Å². The summed E-state index contributed by atoms with van der Waals surface area (Å²) in [4.78, 5) is 0. The van der Waals surface area contributed by atoms with Gasteiger partial charge in [0.05, 0.1) is 13.2 Å². The van der Waals surface area contributed by atoms with Crippen LogP contribution in [0, 0.1) is 13.8 Å². The van der Waals surface area contributed by atoms with E-state index in [9.17, 15) is 0 Å². The van der Waals surface area contributed by atoms with E-state index < -0.39 is 0 Å². The van der Waals surface area contributed by atoms with E-state index in [2.05, 4.69) is 15.9 Å². The Balaban J connectivity index is 2.43. The first-order chi connectivity index (χ1) is 7.65. The highest BCUT2D eigenvalue weighted by atomic mass is 79.9. The van der Waals surface area contributed by atoms with E-state index >= 15 is 0 Å². The smallest absolute Gasteiger partial charge is 0.120 e. The van der Waals surface area contributed by atoms with Gasteiger partial charge in [-0.15, -0.1) is 11.6 Å². The molecule has 0 aliphatic heterocycles. The van der Waals surface area contributed by atoms with Crippen molar-refractivity contribution >= 4 is 27.5 Å². The van der Waals surface area contributed by atoms with Crippen molar-refractivity contribution in [2.75, 3.05) is 25.7 Å². The maximum Gasteiger partial charge on any atom is 0.120 e. The lowest BCUT2D eigenvalue weighted by atomic mass is 10.1. The van der Waals surface area contributed by atoms with E-state index in [0.29, 0.717) is 25.7 Å². The molecule has 0 amide bonds. The molecular formula is C12H16BrClO2. The lowest BCUT2D eigenvalue weighted by Gasteiger charge is -2.10. The van der Waals surface area contributed by atoms with Crippen LogP contribution in [-0.2, 0) is 4.74 Å². The van der Waals surface area contributed by atoms with Gasteiger partial charge in [-0.2, -0.15) is 0 Å². The Morgan fingerprint density at radius 2 is 1.75 bits per heavy atom. The summed E-state index contributed by atoms with van der Waals surface area (Å²) in [7, 11) is 0. The summed E-state index contributed by atoms with van der Waals surface area (Å²) in [5.41, 5.74) is 2.35. The van der Waals surface area contributed by atoms with Crippen molar-refractivity contribution in [1.29, 1.82) is 0 Å². The highest BCUT2D eigenvalue weighted by Gasteiger charge is 2.02. The Morgan fingerprint density at radius 3 is 2.31 bits per heavy atom. The maximum atomic E-state index is 5.58. The zero-order valence-electron chi connectivity index (χ0n) is 9.56. The zero-order chi connectivity index (χ0) is 12.0. The number of rotatable bonds is 6. The molecule has 0 aliphatic rings. The number of alkyl halides is 1. The molecule has 0 heterocycles. The van der Waals surface area contributed by atoms with Gasteiger partial charge >= 0.3 is 0 Å². The van der Waals surface area contributed by atoms with Crippen LogP contribution in [0.5, 0.6) is 5.75 Å². The summed E-state index contributed by atoms with van der Waals surface area (Å²) in [6, 6.07) is 4.03. The second kappa shape index (κ2) is 7.15. The minimum atomic E-state index is 0.524. The third-order valence-corrected chi connectivity index (χ3v) is 3.53. The first-order valence-electron chi connectivity index (χ1n) is 5.18. The van der Waals surface area contributed by atoms with E-state index in [0.717, 1.165) is 10.2 Å². The Morgan fingerprint density at radius 1 is 1.12 bits per heavy atom. The van der Waals surface area contributed by atoms with Crippen molar-refractivity contribution < 1.29 is 9.47 Å². The molecule has 0 saturated heterocycles. The molecule has 4 heteroatoms. The fourth-order valence-electron chi connectivity index (χ4n) is 1.36. The number of benzene rings is 1. The van der Waals surface area contributed by atoms with Gasteiger partial charge in [-0.05, 0) is 37.1 Å². The molecule has 0 atom stereocenters. The van der Waals surface area contributed by atoms with Crippen LogP contribution >= 0.6 is 27.5 Å². The molecule has 2 nitrogen and oxygen atoms in total. The van der Waals surface area contributed by atoms with Gasteiger partial charge in [0.25, 0.3) is 0 Å². The molecular weight excluding hydrogens is 291 g/mol. The van der Waals surface area contributed by atoms with Gasteiger partial charge in [-0.1, -0.05) is 15.9 Å². The van der Waals surface area contributed by atoms with E-state index in [4.69, 9.17) is 21.1 Å². The summed E-state index contributed by atoms with van der Waals surface area (Å²) < 4.78 is 11.9. The Hall–Kier alpha value is -0.250. The molecule has 0 radical (unpaired) electrons. The first-order valence-corrected chi connectivity index (χ1v) is 6.51. The summed E-state index contributed by atoms with van der Waals surface area (Å²) in [5.74, 6) is 1.41. The van der Waals surface area contributed by atoms with Crippen LogP contribution in [0.2, 0.25) is 0 Å². The SMILES string of the molecule is Cc1cc(OCCOCCCl)cc(C)c1Br. The number of hydrogen-bond donors (Lipinski definition) is 0. The monoisotopic (exact) mass is 306 g/mol. The van der Waals surface area contributed by atoms with Crippen LogP contribution in [0.25, 0.3) is 0 Å². The van der Waals surface area contributed by atoms with Crippen LogP contribution < -0.4 is 4.74 Å². The van der Waals surface area contributed by atoms with Crippen molar-refractivity contribution in [2.24, 2.45) is 0 Å². The second-order valence-corrected chi connectivity index (χ2v) is 4.69. The lowest BCUT2D eigenvalue weighted by molar-refractivity contribution is 0.111. The van der Waals surface area contributed by atoms with Crippen molar-refractivity contribution in [3.63, 3.8) is 0 Å². The van der Waals surface area contributed by atoms with Crippen molar-refractivity contribution in [3.8, 4) is 5.75 Å². The summed E-state index contributed by atoms with van der Waals surface area (Å²) >= 11 is 9.01. The van der Waals surface area contributed by atoms with E-state index in [-0.39, 0.29) is 0 Å². The Kier molecular flexibility index (Phi) is 6.17. The quantitative estimate of drug-likeness (QED) is 0.589. The Bertz CT molecular complexity index is 319. The fourth-order valence-corrected chi connectivity index (χ4v) is 1.70. The molecule has 16 heavy (non-hydrogen) atoms. The average molecular weight is 308 g/mol. The van der Waals surface area contributed by atoms with Gasteiger partial charge in [0.2, 0.25) is 0 Å². The molecule has 0 N–H and O–H groups in total. The standard InChI is InChI=1S/C12H16BrClO2/c1-9-7-11(8-10(2)12(9)13)16-6-5-15-4-3-14/h7-8H,3-6H2,1-2H3. The number of aryl methyl sites for hydroxylation is 2. The molecule has 1 rings (SSSR count). The maximum absolute atomic E-state index is 5.58. The molecule has 0 aliphatic carbocycles. The molecule has 0 bridgehead atoms. The van der Waals surface area contributed by atoms with Crippen LogP contribution in [0.3, 0.4) is 0 Å². The van der Waals surface area contributed by atoms with Crippen molar-refractivity contribution in [2.45, 2.75) is 13.8 Å². The van der Waals surface area contributed by atoms with Gasteiger partial charge in [-0.25, -0.2) is 0 Å². The second-order valence-electron chi connectivity index (χ2n) is 3.52. The van der Waals surface area contributed by atoms with Gasteiger partial charge in [0.1, 0.15) is 12.4 Å². The van der Waals surface area contributed by atoms with E-state index in [1.807, 2.05) is 26.0 Å². The Labute approximate surface area is 110 Å². The fraction of sp³-hybridized carbons (Fsp3) is 0.500. The molecule has 0 fully saturated rings. The lowest BCUT2D eigenvalue weighted by Crippen LogP contribution is -2.08. The van der Waals surface area contributed by atoms with Crippen LogP contribution in [0.15, 0.2) is 16.6 Å². The van der Waals surface area contributed by atoms with E-state index in [1.165, 1.54) is 11.1 Å². The predicted molar refractivity (Wildman–Crippen MR) is 70.7 cm³/mol. The van der Waals surface area contributed by atoms with Gasteiger partial charge < -0.3 is 9.47 Å². The van der Waals surface area contributed by atoms with Gasteiger partial charge in [0, 0.05) is 10.4 Å². The van der Waals surface area contributed by atoms with E-state index in [1.54, 1.807) is 0 Å². The average Bonchev–Trinajstić information content (AvgIpc) is 2.25. The third kappa shape index (κ3) is 4.32.